The van der Waals surface area contributed by atoms with Gasteiger partial charge < -0.3 is 4.90 Å². The van der Waals surface area contributed by atoms with E-state index in [0.29, 0.717) is 11.4 Å². The summed E-state index contributed by atoms with van der Waals surface area (Å²) in [6.07, 6.45) is 3.89. The fraction of sp³-hybridized carbons (Fsp3) is 0.550. The van der Waals surface area contributed by atoms with Crippen molar-refractivity contribution < 1.29 is 4.79 Å². The van der Waals surface area contributed by atoms with Crippen LogP contribution in [0.3, 0.4) is 0 Å². The van der Waals surface area contributed by atoms with Crippen LogP contribution in [-0.4, -0.2) is 27.9 Å². The number of hydrogen-bond donors (Lipinski definition) is 0. The summed E-state index contributed by atoms with van der Waals surface area (Å²) in [6, 6.07) is 8.74. The van der Waals surface area contributed by atoms with E-state index < -0.39 is 0 Å². The highest BCUT2D eigenvalue weighted by molar-refractivity contribution is 7.18. The first-order valence-electron chi connectivity index (χ1n) is 9.23. The second kappa shape index (κ2) is 6.51. The van der Waals surface area contributed by atoms with Gasteiger partial charge in [-0.3, -0.25) is 4.79 Å². The number of fused-ring (bicyclic) bond motifs is 3. The number of aromatic nitrogens is 1. The number of amides is 1. The number of rotatable bonds is 4. The Kier molecular flexibility index (Phi) is 4.45. The molecule has 2 aliphatic heterocycles. The maximum Gasteiger partial charge on any atom is 0.223 e. The molecular formula is C20H22ClN3OS. The molecule has 0 radical (unpaired) electrons. The van der Waals surface area contributed by atoms with Crippen LogP contribution in [0.4, 0.5) is 0 Å². The second-order valence-electron chi connectivity index (χ2n) is 7.77. The molecule has 6 heteroatoms. The highest BCUT2D eigenvalue weighted by Crippen LogP contribution is 2.53. The number of halogens is 1. The molecule has 0 N–H and O–H groups in total. The molecule has 3 aliphatic rings. The first kappa shape index (κ1) is 17.8. The smallest absolute Gasteiger partial charge is 0.223 e. The fourth-order valence-electron chi connectivity index (χ4n) is 4.54. The van der Waals surface area contributed by atoms with Gasteiger partial charge in [0.05, 0.1) is 26.2 Å². The van der Waals surface area contributed by atoms with Gasteiger partial charge in [0.1, 0.15) is 5.52 Å². The van der Waals surface area contributed by atoms with Gasteiger partial charge in [0.2, 0.25) is 5.91 Å². The standard InChI is InChI=1S/C20H22ClN3OS/c1-3-13-8-20(11-22)9-14(10-20)24(13)17(25)7-12(2)19-23-18-15(21)5-4-6-16(18)26-19/h4-6,12-14H,3,7-10H2,1-2H3. The monoisotopic (exact) mass is 387 g/mol. The minimum absolute atomic E-state index is 0.0659. The molecular weight excluding hydrogens is 366 g/mol. The van der Waals surface area contributed by atoms with E-state index in [4.69, 9.17) is 11.6 Å². The first-order valence-corrected chi connectivity index (χ1v) is 10.4. The van der Waals surface area contributed by atoms with Crippen molar-refractivity contribution in [2.75, 3.05) is 0 Å². The van der Waals surface area contributed by atoms with Gasteiger partial charge in [-0.15, -0.1) is 11.3 Å². The SMILES string of the molecule is CCC1CC2(C#N)CC(C2)N1C(=O)CC(C)c1nc2c(Cl)cccc2s1. The zero-order valence-electron chi connectivity index (χ0n) is 15.0. The van der Waals surface area contributed by atoms with Crippen LogP contribution in [0.1, 0.15) is 56.9 Å². The summed E-state index contributed by atoms with van der Waals surface area (Å²) in [6.45, 7) is 4.18. The van der Waals surface area contributed by atoms with Gasteiger partial charge in [0.25, 0.3) is 0 Å². The predicted octanol–water partition coefficient (Wildman–Crippen LogP) is 5.13. The van der Waals surface area contributed by atoms with Gasteiger partial charge in [-0.2, -0.15) is 5.26 Å². The van der Waals surface area contributed by atoms with Crippen molar-refractivity contribution >= 4 is 39.1 Å². The van der Waals surface area contributed by atoms with Crippen LogP contribution in [0.2, 0.25) is 5.02 Å². The van der Waals surface area contributed by atoms with Crippen molar-refractivity contribution in [2.24, 2.45) is 5.41 Å². The maximum atomic E-state index is 13.1. The van der Waals surface area contributed by atoms with Crippen molar-refractivity contribution in [3.05, 3.63) is 28.2 Å². The average Bonchev–Trinajstić information content (AvgIpc) is 3.06. The molecule has 1 saturated carbocycles. The molecule has 2 bridgehead atoms. The number of thiazole rings is 1. The number of carbonyl (C=O) groups excluding carboxylic acids is 1. The Morgan fingerprint density at radius 3 is 2.92 bits per heavy atom. The second-order valence-corrected chi connectivity index (χ2v) is 9.23. The summed E-state index contributed by atoms with van der Waals surface area (Å²) in [7, 11) is 0. The van der Waals surface area contributed by atoms with E-state index in [1.165, 1.54) is 0 Å². The zero-order valence-corrected chi connectivity index (χ0v) is 16.6. The minimum atomic E-state index is -0.169. The van der Waals surface area contributed by atoms with Crippen molar-refractivity contribution in [3.63, 3.8) is 0 Å². The van der Waals surface area contributed by atoms with Crippen LogP contribution in [-0.2, 0) is 4.79 Å². The number of carbonyl (C=O) groups is 1. The Bertz CT molecular complexity index is 896. The van der Waals surface area contributed by atoms with Crippen LogP contribution in [0, 0.1) is 16.7 Å². The van der Waals surface area contributed by atoms with Gasteiger partial charge in [0.15, 0.2) is 0 Å². The molecule has 5 rings (SSSR count). The Balaban J connectivity index is 1.50. The lowest BCUT2D eigenvalue weighted by Gasteiger charge is -2.58. The fourth-order valence-corrected chi connectivity index (χ4v) is 5.85. The third kappa shape index (κ3) is 2.80. The molecule has 3 fully saturated rings. The topological polar surface area (TPSA) is 57.0 Å². The van der Waals surface area contributed by atoms with E-state index >= 15 is 0 Å². The lowest BCUT2D eigenvalue weighted by molar-refractivity contribution is -0.152. The van der Waals surface area contributed by atoms with Gasteiger partial charge in [-0.25, -0.2) is 4.98 Å². The van der Waals surface area contributed by atoms with Crippen LogP contribution in [0.15, 0.2) is 18.2 Å². The van der Waals surface area contributed by atoms with Crippen LogP contribution in [0.25, 0.3) is 10.2 Å². The Hall–Kier alpha value is -1.64. The molecule has 26 heavy (non-hydrogen) atoms. The van der Waals surface area contributed by atoms with E-state index in [9.17, 15) is 10.1 Å². The highest BCUT2D eigenvalue weighted by Gasteiger charge is 2.55. The summed E-state index contributed by atoms with van der Waals surface area (Å²) >= 11 is 7.85. The lowest BCUT2D eigenvalue weighted by atomic mass is 9.58. The molecule has 136 valence electrons. The summed E-state index contributed by atoms with van der Waals surface area (Å²) < 4.78 is 1.06. The van der Waals surface area contributed by atoms with Crippen molar-refractivity contribution in [2.45, 2.75) is 64.0 Å². The normalized spacial score (nSPS) is 28.5. The van der Waals surface area contributed by atoms with Gasteiger partial charge in [-0.1, -0.05) is 31.5 Å². The van der Waals surface area contributed by atoms with Crippen molar-refractivity contribution in [1.82, 2.24) is 9.88 Å². The quantitative estimate of drug-likeness (QED) is 0.730. The van der Waals surface area contributed by atoms with E-state index in [1.54, 1.807) is 11.3 Å². The molecule has 1 aromatic carbocycles. The molecule has 4 nitrogen and oxygen atoms in total. The number of benzene rings is 1. The molecule has 3 heterocycles. The van der Waals surface area contributed by atoms with Crippen molar-refractivity contribution in [1.29, 1.82) is 5.26 Å². The Morgan fingerprint density at radius 2 is 2.27 bits per heavy atom. The predicted molar refractivity (Wildman–Crippen MR) is 104 cm³/mol. The molecule has 2 aromatic rings. The summed E-state index contributed by atoms with van der Waals surface area (Å²) in [5.41, 5.74) is 0.660. The Labute approximate surface area is 162 Å². The van der Waals surface area contributed by atoms with Crippen LogP contribution >= 0.6 is 22.9 Å². The maximum absolute atomic E-state index is 13.1. The third-order valence-corrected chi connectivity index (χ3v) is 7.51. The number of hydrogen-bond acceptors (Lipinski definition) is 4. The molecule has 1 aliphatic carbocycles. The Morgan fingerprint density at radius 1 is 1.50 bits per heavy atom. The molecule has 0 spiro atoms. The molecule has 2 saturated heterocycles. The number of nitrogens with zero attached hydrogens (tertiary/aromatic N) is 3. The van der Waals surface area contributed by atoms with Crippen LogP contribution < -0.4 is 0 Å². The largest absolute Gasteiger partial charge is 0.337 e. The summed E-state index contributed by atoms with van der Waals surface area (Å²) in [5, 5.41) is 11.1. The van der Waals surface area contributed by atoms with E-state index in [2.05, 4.69) is 29.8 Å². The summed E-state index contributed by atoms with van der Waals surface area (Å²) in [5.74, 6) is 0.266. The molecule has 2 atom stereocenters. The molecule has 1 amide bonds. The number of para-hydroxylation sites is 1. The number of piperidine rings is 2. The first-order chi connectivity index (χ1) is 12.5. The van der Waals surface area contributed by atoms with Crippen LogP contribution in [0.5, 0.6) is 0 Å². The number of nitriles is 1. The lowest BCUT2D eigenvalue weighted by Crippen LogP contribution is -2.63. The third-order valence-electron chi connectivity index (χ3n) is 5.95. The molecule has 2 unspecified atom stereocenters. The zero-order chi connectivity index (χ0) is 18.5. The van der Waals surface area contributed by atoms with Gasteiger partial charge in [0, 0.05) is 24.4 Å². The molecule has 1 aromatic heterocycles. The summed E-state index contributed by atoms with van der Waals surface area (Å²) in [4.78, 5) is 19.8. The van der Waals surface area contributed by atoms with E-state index in [1.807, 2.05) is 18.2 Å². The van der Waals surface area contributed by atoms with Crippen molar-refractivity contribution in [3.8, 4) is 6.07 Å². The minimum Gasteiger partial charge on any atom is -0.337 e. The average molecular weight is 388 g/mol. The highest BCUT2D eigenvalue weighted by atomic mass is 35.5. The van der Waals surface area contributed by atoms with E-state index in [-0.39, 0.29) is 29.3 Å². The van der Waals surface area contributed by atoms with E-state index in [0.717, 1.165) is 40.9 Å². The van der Waals surface area contributed by atoms with Gasteiger partial charge >= 0.3 is 0 Å². The van der Waals surface area contributed by atoms with Gasteiger partial charge in [-0.05, 0) is 37.8 Å².